The highest BCUT2D eigenvalue weighted by Gasteiger charge is 2.44. The van der Waals surface area contributed by atoms with Crippen molar-refractivity contribution < 1.29 is 9.30 Å². The van der Waals surface area contributed by atoms with Crippen molar-refractivity contribution in [2.45, 2.75) is 38.6 Å². The number of rotatable bonds is 3. The molecule has 0 bridgehead atoms. The molecule has 0 atom stereocenters. The van der Waals surface area contributed by atoms with Crippen LogP contribution in [0.4, 0.5) is 17.3 Å². The highest BCUT2D eigenvalue weighted by Crippen LogP contribution is 2.48. The lowest BCUT2D eigenvalue weighted by molar-refractivity contribution is -0.736. The topological polar surface area (TPSA) is 47.1 Å². The number of ether oxygens (including phenoxy) is 1. The number of para-hydroxylation sites is 2. The molecule has 0 saturated carbocycles. The van der Waals surface area contributed by atoms with Crippen molar-refractivity contribution in [2.75, 3.05) is 4.90 Å². The maximum absolute atomic E-state index is 6.67. The van der Waals surface area contributed by atoms with Crippen LogP contribution in [0.1, 0.15) is 44.4 Å². The molecule has 4 aromatic heterocycles. The van der Waals surface area contributed by atoms with Gasteiger partial charge in [-0.15, -0.1) is 0 Å². The lowest BCUT2D eigenvalue weighted by Crippen LogP contribution is -2.58. The standard InChI is InChI=1S/C39H32N5O/c1-38(2)30-13-9-11-28-27-18-17-25(23-33(27)44(36(28)30)37-31(38)14-10-21-41-37)45-26-19-22-42-35(24-26)43(34-16-7-8-20-40-34)32-15-6-5-12-29(32)39(42,3)4/h5-24H,1-4H3/q+1. The van der Waals surface area contributed by atoms with Crippen LogP contribution in [-0.4, -0.2) is 14.5 Å². The van der Waals surface area contributed by atoms with E-state index in [2.05, 4.69) is 127 Å². The van der Waals surface area contributed by atoms with Gasteiger partial charge in [-0.05, 0) is 49.7 Å². The lowest BCUT2D eigenvalue weighted by atomic mass is 9.76. The van der Waals surface area contributed by atoms with Crippen molar-refractivity contribution in [3.05, 3.63) is 138 Å². The molecule has 6 heteroatoms. The average molecular weight is 587 g/mol. The van der Waals surface area contributed by atoms with Gasteiger partial charge in [0.2, 0.25) is 5.82 Å². The highest BCUT2D eigenvalue weighted by atomic mass is 16.5. The summed E-state index contributed by atoms with van der Waals surface area (Å²) in [4.78, 5) is 11.9. The first-order valence-electron chi connectivity index (χ1n) is 15.4. The van der Waals surface area contributed by atoms with Gasteiger partial charge >= 0.3 is 0 Å². The van der Waals surface area contributed by atoms with E-state index in [1.807, 2.05) is 36.7 Å². The monoisotopic (exact) mass is 586 g/mol. The maximum Gasteiger partial charge on any atom is 0.292 e. The molecule has 45 heavy (non-hydrogen) atoms. The van der Waals surface area contributed by atoms with Gasteiger partial charge in [-0.2, -0.15) is 4.90 Å². The minimum absolute atomic E-state index is 0.153. The van der Waals surface area contributed by atoms with Crippen LogP contribution in [0, 0.1) is 0 Å². The van der Waals surface area contributed by atoms with E-state index in [0.717, 1.165) is 40.2 Å². The van der Waals surface area contributed by atoms with Crippen molar-refractivity contribution >= 4 is 39.1 Å². The van der Waals surface area contributed by atoms with Gasteiger partial charge in [0.25, 0.3) is 5.82 Å². The van der Waals surface area contributed by atoms with Gasteiger partial charge < -0.3 is 4.74 Å². The molecule has 2 aliphatic rings. The summed E-state index contributed by atoms with van der Waals surface area (Å²) in [6.45, 7) is 9.09. The van der Waals surface area contributed by atoms with Gasteiger partial charge in [0, 0.05) is 57.9 Å². The quantitative estimate of drug-likeness (QED) is 0.194. The molecular weight excluding hydrogens is 554 g/mol. The zero-order valence-electron chi connectivity index (χ0n) is 25.7. The van der Waals surface area contributed by atoms with Crippen molar-refractivity contribution in [1.82, 2.24) is 14.5 Å². The minimum Gasteiger partial charge on any atom is -0.457 e. The third kappa shape index (κ3) is 3.53. The molecule has 0 spiro atoms. The lowest BCUT2D eigenvalue weighted by Gasteiger charge is -2.35. The summed E-state index contributed by atoms with van der Waals surface area (Å²) in [6.07, 6.45) is 5.85. The van der Waals surface area contributed by atoms with E-state index < -0.39 is 0 Å². The van der Waals surface area contributed by atoms with Crippen LogP contribution in [0.25, 0.3) is 27.6 Å². The summed E-state index contributed by atoms with van der Waals surface area (Å²) in [7, 11) is 0. The van der Waals surface area contributed by atoms with Gasteiger partial charge in [0.15, 0.2) is 0 Å². The third-order valence-corrected chi connectivity index (χ3v) is 9.76. The van der Waals surface area contributed by atoms with Crippen LogP contribution in [0.2, 0.25) is 0 Å². The molecule has 3 aromatic carbocycles. The van der Waals surface area contributed by atoms with Crippen molar-refractivity contribution in [3.8, 4) is 17.3 Å². The fourth-order valence-corrected chi connectivity index (χ4v) is 7.52. The number of aromatic nitrogens is 4. The minimum atomic E-state index is -0.269. The smallest absolute Gasteiger partial charge is 0.292 e. The molecular formula is C39H32N5O+. The Morgan fingerprint density at radius 1 is 0.667 bits per heavy atom. The Labute approximate surface area is 261 Å². The molecule has 0 saturated heterocycles. The highest BCUT2D eigenvalue weighted by molar-refractivity contribution is 6.11. The molecule has 6 heterocycles. The van der Waals surface area contributed by atoms with E-state index in [1.54, 1.807) is 0 Å². The summed E-state index contributed by atoms with van der Waals surface area (Å²) in [5, 5.41) is 2.42. The van der Waals surface area contributed by atoms with Crippen LogP contribution in [-0.2, 0) is 11.0 Å². The first kappa shape index (κ1) is 26.0. The predicted molar refractivity (Wildman–Crippen MR) is 178 cm³/mol. The second-order valence-electron chi connectivity index (χ2n) is 13.0. The van der Waals surface area contributed by atoms with Crippen molar-refractivity contribution in [3.63, 3.8) is 0 Å². The molecule has 6 nitrogen and oxygen atoms in total. The zero-order valence-corrected chi connectivity index (χ0v) is 25.7. The van der Waals surface area contributed by atoms with E-state index in [4.69, 9.17) is 14.7 Å². The van der Waals surface area contributed by atoms with Crippen LogP contribution in [0.5, 0.6) is 11.5 Å². The van der Waals surface area contributed by atoms with E-state index in [9.17, 15) is 0 Å². The second-order valence-corrected chi connectivity index (χ2v) is 13.0. The normalized spacial score (nSPS) is 15.4. The molecule has 0 unspecified atom stereocenters. The molecule has 0 fully saturated rings. The molecule has 0 aliphatic carbocycles. The summed E-state index contributed by atoms with van der Waals surface area (Å²) in [5.41, 5.74) is 6.76. The van der Waals surface area contributed by atoms with Gasteiger partial charge in [-0.1, -0.05) is 62.4 Å². The third-order valence-electron chi connectivity index (χ3n) is 9.76. The summed E-state index contributed by atoms with van der Waals surface area (Å²) >= 11 is 0. The molecule has 0 amide bonds. The average Bonchev–Trinajstić information content (AvgIpc) is 3.38. The van der Waals surface area contributed by atoms with Gasteiger partial charge in [-0.25, -0.2) is 14.5 Å². The Morgan fingerprint density at radius 3 is 2.31 bits per heavy atom. The molecule has 2 aliphatic heterocycles. The summed E-state index contributed by atoms with van der Waals surface area (Å²) in [6, 6.07) is 36.0. The van der Waals surface area contributed by atoms with E-state index in [-0.39, 0.29) is 11.0 Å². The largest absolute Gasteiger partial charge is 0.457 e. The van der Waals surface area contributed by atoms with Crippen LogP contribution in [0.15, 0.2) is 122 Å². The first-order chi connectivity index (χ1) is 21.8. The van der Waals surface area contributed by atoms with Crippen molar-refractivity contribution in [2.24, 2.45) is 0 Å². The van der Waals surface area contributed by atoms with Crippen molar-refractivity contribution in [1.29, 1.82) is 0 Å². The van der Waals surface area contributed by atoms with Crippen LogP contribution in [0.3, 0.4) is 0 Å². The maximum atomic E-state index is 6.67. The SMILES string of the molecule is CC1(C)c2cccnc2-n2c3cc(Oc4cc[n+]5c(c4)N(c4ccccn4)c4ccccc4C5(C)C)ccc3c3cccc1c32. The second kappa shape index (κ2) is 9.02. The summed E-state index contributed by atoms with van der Waals surface area (Å²) < 4.78 is 11.3. The van der Waals surface area contributed by atoms with E-state index in [0.29, 0.717) is 0 Å². The Hall–Kier alpha value is -5.49. The first-order valence-corrected chi connectivity index (χ1v) is 15.4. The molecule has 218 valence electrons. The molecule has 7 aromatic rings. The number of nitrogens with zero attached hydrogens (tertiary/aromatic N) is 5. The number of pyridine rings is 3. The molecule has 0 N–H and O–H groups in total. The number of fused-ring (bicyclic) bond motifs is 7. The predicted octanol–water partition coefficient (Wildman–Crippen LogP) is 8.86. The van der Waals surface area contributed by atoms with Gasteiger partial charge in [-0.3, -0.25) is 4.57 Å². The Kier molecular flexibility index (Phi) is 5.20. The Balaban J connectivity index is 1.20. The number of hydrogen-bond acceptors (Lipinski definition) is 4. The number of benzene rings is 3. The van der Waals surface area contributed by atoms with E-state index in [1.165, 1.54) is 33.0 Å². The Bertz CT molecular complexity index is 2320. The molecule has 9 rings (SSSR count). The number of anilines is 3. The van der Waals surface area contributed by atoms with Crippen LogP contribution < -0.4 is 14.2 Å². The zero-order chi connectivity index (χ0) is 30.5. The van der Waals surface area contributed by atoms with Crippen LogP contribution >= 0.6 is 0 Å². The fourth-order valence-electron chi connectivity index (χ4n) is 7.52. The molecule has 0 radical (unpaired) electrons. The number of hydrogen-bond donors (Lipinski definition) is 0. The van der Waals surface area contributed by atoms with E-state index >= 15 is 0 Å². The fraction of sp³-hybridized carbons (Fsp3) is 0.154. The summed E-state index contributed by atoms with van der Waals surface area (Å²) in [5.74, 6) is 4.36. The van der Waals surface area contributed by atoms with Gasteiger partial charge in [0.05, 0.1) is 23.3 Å². The van der Waals surface area contributed by atoms with Gasteiger partial charge in [0.1, 0.15) is 28.5 Å². The Morgan fingerprint density at radius 2 is 1.44 bits per heavy atom.